The summed E-state index contributed by atoms with van der Waals surface area (Å²) in [5.41, 5.74) is 0.192. The number of hydrogen-bond donors (Lipinski definition) is 0. The van der Waals surface area contributed by atoms with E-state index in [1.54, 1.807) is 18.2 Å². The summed E-state index contributed by atoms with van der Waals surface area (Å²) in [6.07, 6.45) is -3.94. The first kappa shape index (κ1) is 8.84. The summed E-state index contributed by atoms with van der Waals surface area (Å²) >= 11 is 0. The molecule has 0 aromatic heterocycles. The maximum Gasteiger partial charge on any atom is 0.190 e. The van der Waals surface area contributed by atoms with Crippen LogP contribution in [0, 0.1) is 0 Å². The Labute approximate surface area is 69.0 Å². The maximum absolute atomic E-state index is 12.9. The van der Waals surface area contributed by atoms with Crippen LogP contribution in [0.15, 0.2) is 30.3 Å². The molecule has 12 heavy (non-hydrogen) atoms. The minimum absolute atomic E-state index is 0.0301. The normalized spacial score (nSPS) is 15.2. The summed E-state index contributed by atoms with van der Waals surface area (Å²) in [5.74, 6) is 0. The van der Waals surface area contributed by atoms with Crippen molar-refractivity contribution in [3.8, 4) is 0 Å². The molecule has 0 aliphatic carbocycles. The largest absolute Gasteiger partial charge is 0.300 e. The van der Waals surface area contributed by atoms with Gasteiger partial charge in [-0.05, 0) is 5.56 Å². The maximum atomic E-state index is 12.9. The smallest absolute Gasteiger partial charge is 0.190 e. The molecule has 64 valence electrons. The van der Waals surface area contributed by atoms with E-state index in [9.17, 15) is 13.6 Å². The Bertz CT molecular complexity index is 248. The van der Waals surface area contributed by atoms with Crippen molar-refractivity contribution in [2.45, 2.75) is 12.3 Å². The first-order chi connectivity index (χ1) is 5.75. The standard InChI is InChI=1S/C9H8F2O/c10-8(6-12)9(11)7-4-2-1-3-5-7/h1-6,8-9H. The van der Waals surface area contributed by atoms with E-state index in [2.05, 4.69) is 0 Å². The van der Waals surface area contributed by atoms with Crippen molar-refractivity contribution in [1.82, 2.24) is 0 Å². The third-order valence-electron chi connectivity index (χ3n) is 1.53. The lowest BCUT2D eigenvalue weighted by Gasteiger charge is -2.07. The second kappa shape index (κ2) is 3.95. The van der Waals surface area contributed by atoms with Crippen LogP contribution in [-0.4, -0.2) is 12.5 Å². The van der Waals surface area contributed by atoms with E-state index in [0.717, 1.165) is 0 Å². The molecule has 0 saturated carbocycles. The average molecular weight is 170 g/mol. The van der Waals surface area contributed by atoms with Crippen LogP contribution < -0.4 is 0 Å². The van der Waals surface area contributed by atoms with Gasteiger partial charge in [0.05, 0.1) is 0 Å². The Morgan fingerprint density at radius 2 is 1.75 bits per heavy atom. The number of rotatable bonds is 3. The van der Waals surface area contributed by atoms with Crippen LogP contribution in [-0.2, 0) is 4.79 Å². The van der Waals surface area contributed by atoms with Gasteiger partial charge in [0.15, 0.2) is 18.6 Å². The first-order valence-corrected chi connectivity index (χ1v) is 3.54. The minimum Gasteiger partial charge on any atom is -0.300 e. The summed E-state index contributed by atoms with van der Waals surface area (Å²) in [7, 11) is 0. The van der Waals surface area contributed by atoms with Crippen LogP contribution in [0.1, 0.15) is 11.7 Å². The van der Waals surface area contributed by atoms with Gasteiger partial charge in [-0.1, -0.05) is 30.3 Å². The molecule has 0 saturated heterocycles. The number of aldehydes is 1. The number of carbonyl (C=O) groups excluding carboxylic acids is 1. The van der Waals surface area contributed by atoms with Gasteiger partial charge >= 0.3 is 0 Å². The van der Waals surface area contributed by atoms with Gasteiger partial charge in [-0.2, -0.15) is 0 Å². The highest BCUT2D eigenvalue weighted by molar-refractivity contribution is 5.57. The van der Waals surface area contributed by atoms with Crippen molar-refractivity contribution in [2.75, 3.05) is 0 Å². The second-order valence-electron chi connectivity index (χ2n) is 2.39. The van der Waals surface area contributed by atoms with Gasteiger partial charge < -0.3 is 0 Å². The zero-order valence-corrected chi connectivity index (χ0v) is 6.28. The van der Waals surface area contributed by atoms with E-state index in [4.69, 9.17) is 0 Å². The fourth-order valence-corrected chi connectivity index (χ4v) is 0.890. The van der Waals surface area contributed by atoms with Crippen molar-refractivity contribution >= 4 is 6.29 Å². The second-order valence-corrected chi connectivity index (χ2v) is 2.39. The molecule has 1 aromatic carbocycles. The fraction of sp³-hybridized carbons (Fsp3) is 0.222. The Hall–Kier alpha value is -1.25. The van der Waals surface area contributed by atoms with Crippen LogP contribution in [0.3, 0.4) is 0 Å². The molecule has 1 nitrogen and oxygen atoms in total. The van der Waals surface area contributed by atoms with Crippen molar-refractivity contribution in [3.63, 3.8) is 0 Å². The monoisotopic (exact) mass is 170 g/mol. The average Bonchev–Trinajstić information content (AvgIpc) is 2.17. The predicted octanol–water partition coefficient (Wildman–Crippen LogP) is 2.23. The van der Waals surface area contributed by atoms with E-state index in [1.165, 1.54) is 12.1 Å². The Morgan fingerprint density at radius 1 is 1.17 bits per heavy atom. The van der Waals surface area contributed by atoms with Crippen LogP contribution in [0.2, 0.25) is 0 Å². The molecule has 1 rings (SSSR count). The van der Waals surface area contributed by atoms with Gasteiger partial charge in [0.1, 0.15) is 0 Å². The Kier molecular flexibility index (Phi) is 2.91. The van der Waals surface area contributed by atoms with Gasteiger partial charge in [0.2, 0.25) is 0 Å². The summed E-state index contributed by atoms with van der Waals surface area (Å²) in [6, 6.07) is 7.78. The number of carbonyl (C=O) groups is 1. The highest BCUT2D eigenvalue weighted by Gasteiger charge is 2.20. The highest BCUT2D eigenvalue weighted by Crippen LogP contribution is 2.21. The van der Waals surface area contributed by atoms with Crippen molar-refractivity contribution in [2.24, 2.45) is 0 Å². The van der Waals surface area contributed by atoms with Gasteiger partial charge in [0, 0.05) is 0 Å². The molecular weight excluding hydrogens is 162 g/mol. The zero-order chi connectivity index (χ0) is 8.97. The topological polar surface area (TPSA) is 17.1 Å². The third kappa shape index (κ3) is 1.87. The summed E-state index contributed by atoms with van der Waals surface area (Å²) in [6.45, 7) is 0. The predicted molar refractivity (Wildman–Crippen MR) is 41.3 cm³/mol. The lowest BCUT2D eigenvalue weighted by atomic mass is 10.1. The van der Waals surface area contributed by atoms with Crippen molar-refractivity contribution in [3.05, 3.63) is 35.9 Å². The summed E-state index contributed by atoms with van der Waals surface area (Å²) < 4.78 is 25.4. The van der Waals surface area contributed by atoms with Crippen molar-refractivity contribution in [1.29, 1.82) is 0 Å². The number of halogens is 2. The van der Waals surface area contributed by atoms with E-state index < -0.39 is 12.3 Å². The van der Waals surface area contributed by atoms with Crippen molar-refractivity contribution < 1.29 is 13.6 Å². The molecule has 2 unspecified atom stereocenters. The molecule has 0 bridgehead atoms. The molecule has 0 radical (unpaired) electrons. The highest BCUT2D eigenvalue weighted by atomic mass is 19.2. The van der Waals surface area contributed by atoms with E-state index in [-0.39, 0.29) is 11.8 Å². The fourth-order valence-electron chi connectivity index (χ4n) is 0.890. The lowest BCUT2D eigenvalue weighted by Crippen LogP contribution is -2.10. The molecule has 0 aliphatic rings. The molecule has 0 N–H and O–H groups in total. The van der Waals surface area contributed by atoms with E-state index in [0.29, 0.717) is 0 Å². The van der Waals surface area contributed by atoms with Crippen LogP contribution in [0.5, 0.6) is 0 Å². The van der Waals surface area contributed by atoms with Crippen LogP contribution in [0.4, 0.5) is 8.78 Å². The molecule has 0 heterocycles. The van der Waals surface area contributed by atoms with Gasteiger partial charge in [-0.25, -0.2) is 8.78 Å². The Morgan fingerprint density at radius 3 is 2.25 bits per heavy atom. The molecule has 1 aromatic rings. The minimum atomic E-state index is -2.06. The number of benzene rings is 1. The summed E-state index contributed by atoms with van der Waals surface area (Å²) in [4.78, 5) is 9.90. The SMILES string of the molecule is O=CC(F)C(F)c1ccccc1. The van der Waals surface area contributed by atoms with E-state index in [1.807, 2.05) is 0 Å². The van der Waals surface area contributed by atoms with Gasteiger partial charge in [-0.3, -0.25) is 4.79 Å². The summed E-state index contributed by atoms with van der Waals surface area (Å²) in [5, 5.41) is 0. The zero-order valence-electron chi connectivity index (χ0n) is 6.28. The molecule has 0 spiro atoms. The quantitative estimate of drug-likeness (QED) is 0.636. The van der Waals surface area contributed by atoms with Crippen LogP contribution in [0.25, 0.3) is 0 Å². The Balaban J connectivity index is 2.78. The molecule has 0 amide bonds. The molecule has 2 atom stereocenters. The first-order valence-electron chi connectivity index (χ1n) is 3.54. The molecular formula is C9H8F2O. The van der Waals surface area contributed by atoms with E-state index >= 15 is 0 Å². The molecule has 0 aliphatic heterocycles. The molecule has 0 fully saturated rings. The number of hydrogen-bond acceptors (Lipinski definition) is 1. The number of alkyl halides is 2. The van der Waals surface area contributed by atoms with Gasteiger partial charge in [0.25, 0.3) is 0 Å². The third-order valence-corrected chi connectivity index (χ3v) is 1.53. The van der Waals surface area contributed by atoms with Gasteiger partial charge in [-0.15, -0.1) is 0 Å². The lowest BCUT2D eigenvalue weighted by molar-refractivity contribution is -0.114. The molecule has 3 heteroatoms. The van der Waals surface area contributed by atoms with Crippen LogP contribution >= 0.6 is 0 Å².